The first kappa shape index (κ1) is 14.4. The number of amidine groups is 1. The Morgan fingerprint density at radius 2 is 1.75 bits per heavy atom. The van der Waals surface area contributed by atoms with Gasteiger partial charge in [0.1, 0.15) is 5.84 Å². The van der Waals surface area contributed by atoms with Crippen molar-refractivity contribution in [3.8, 4) is 0 Å². The molecule has 0 spiro atoms. The summed E-state index contributed by atoms with van der Waals surface area (Å²) < 4.78 is 0. The zero-order valence-corrected chi connectivity index (χ0v) is 12.7. The molecule has 0 atom stereocenters. The summed E-state index contributed by atoms with van der Waals surface area (Å²) in [6, 6.07) is 12.2. The van der Waals surface area contributed by atoms with Gasteiger partial charge in [-0.1, -0.05) is 31.2 Å². The van der Waals surface area contributed by atoms with Crippen LogP contribution in [0.1, 0.15) is 32.8 Å². The number of nitrogens with one attached hydrogen (secondary N) is 1. The normalized spacial score (nSPS) is 11.6. The lowest BCUT2D eigenvalue weighted by atomic mass is 9.96. The van der Waals surface area contributed by atoms with Crippen molar-refractivity contribution in [3.63, 3.8) is 0 Å². The third kappa shape index (κ3) is 2.36. The van der Waals surface area contributed by atoms with E-state index in [-0.39, 0.29) is 11.4 Å². The molecule has 0 saturated carbocycles. The largest absolute Gasteiger partial charge is 0.384 e. The van der Waals surface area contributed by atoms with Crippen LogP contribution in [-0.4, -0.2) is 18.4 Å². The van der Waals surface area contributed by atoms with Crippen LogP contribution in [-0.2, 0) is 0 Å². The number of nitrogens with zero attached hydrogens (tertiary/aromatic N) is 1. The standard InChI is InChI=1S/C17H23N3/c1-5-17(2,3)20(4)15-11-10-14(16(18)19)12-8-6-7-9-13(12)15/h6-11H,5H2,1-4H3,(H3,18,19). The Balaban J connectivity index is 2.68. The second-order valence-corrected chi connectivity index (χ2v) is 5.82. The first-order valence-corrected chi connectivity index (χ1v) is 6.98. The molecule has 2 aromatic rings. The predicted octanol–water partition coefficient (Wildman–Crippen LogP) is 3.75. The van der Waals surface area contributed by atoms with Gasteiger partial charge < -0.3 is 10.6 Å². The van der Waals surface area contributed by atoms with E-state index < -0.39 is 0 Å². The van der Waals surface area contributed by atoms with Crippen LogP contribution in [0.5, 0.6) is 0 Å². The van der Waals surface area contributed by atoms with Gasteiger partial charge in [0.2, 0.25) is 0 Å². The molecule has 0 aliphatic rings. The molecular formula is C17H23N3. The lowest BCUT2D eigenvalue weighted by Gasteiger charge is -2.37. The van der Waals surface area contributed by atoms with Gasteiger partial charge in [-0.3, -0.25) is 5.41 Å². The summed E-state index contributed by atoms with van der Waals surface area (Å²) in [7, 11) is 2.12. The minimum absolute atomic E-state index is 0.0838. The van der Waals surface area contributed by atoms with Crippen molar-refractivity contribution < 1.29 is 0 Å². The lowest BCUT2D eigenvalue weighted by molar-refractivity contribution is 0.472. The van der Waals surface area contributed by atoms with E-state index in [0.29, 0.717) is 0 Å². The van der Waals surface area contributed by atoms with Gasteiger partial charge in [-0.15, -0.1) is 0 Å². The molecule has 20 heavy (non-hydrogen) atoms. The van der Waals surface area contributed by atoms with Gasteiger partial charge in [0.05, 0.1) is 0 Å². The van der Waals surface area contributed by atoms with E-state index in [1.165, 1.54) is 5.69 Å². The van der Waals surface area contributed by atoms with Crippen molar-refractivity contribution in [2.45, 2.75) is 32.7 Å². The third-order valence-electron chi connectivity index (χ3n) is 4.33. The van der Waals surface area contributed by atoms with Gasteiger partial charge in [-0.25, -0.2) is 0 Å². The molecule has 0 aliphatic heterocycles. The number of nitrogen functional groups attached to an aromatic ring is 1. The quantitative estimate of drug-likeness (QED) is 0.656. The number of anilines is 1. The Labute approximate surface area is 120 Å². The zero-order chi connectivity index (χ0) is 14.9. The van der Waals surface area contributed by atoms with Crippen LogP contribution in [0, 0.1) is 5.41 Å². The third-order valence-corrected chi connectivity index (χ3v) is 4.33. The van der Waals surface area contributed by atoms with Gasteiger partial charge in [0.25, 0.3) is 0 Å². The molecule has 0 amide bonds. The lowest BCUT2D eigenvalue weighted by Crippen LogP contribution is -2.40. The second kappa shape index (κ2) is 5.16. The molecule has 2 aromatic carbocycles. The Kier molecular flexibility index (Phi) is 3.71. The highest BCUT2D eigenvalue weighted by Crippen LogP contribution is 2.33. The van der Waals surface area contributed by atoms with Gasteiger partial charge in [-0.05, 0) is 37.8 Å². The Bertz CT molecular complexity index is 644. The molecule has 0 radical (unpaired) electrons. The average Bonchev–Trinajstić information content (AvgIpc) is 2.45. The fourth-order valence-corrected chi connectivity index (χ4v) is 2.37. The minimum atomic E-state index is 0.0838. The van der Waals surface area contributed by atoms with E-state index >= 15 is 0 Å². The van der Waals surface area contributed by atoms with E-state index in [0.717, 1.165) is 22.8 Å². The molecule has 3 N–H and O–H groups in total. The average molecular weight is 269 g/mol. The highest BCUT2D eigenvalue weighted by Gasteiger charge is 2.23. The van der Waals surface area contributed by atoms with Crippen molar-refractivity contribution in [3.05, 3.63) is 42.0 Å². The number of hydrogen-bond donors (Lipinski definition) is 2. The molecule has 0 heterocycles. The molecule has 0 bridgehead atoms. The number of nitrogens with two attached hydrogens (primary N) is 1. The summed E-state index contributed by atoms with van der Waals surface area (Å²) in [5.74, 6) is 0.116. The molecule has 0 fully saturated rings. The van der Waals surface area contributed by atoms with Crippen LogP contribution in [0.2, 0.25) is 0 Å². The maximum Gasteiger partial charge on any atom is 0.123 e. The Hall–Kier alpha value is -2.03. The van der Waals surface area contributed by atoms with Crippen LogP contribution in [0.3, 0.4) is 0 Å². The maximum absolute atomic E-state index is 7.72. The predicted molar refractivity (Wildman–Crippen MR) is 87.7 cm³/mol. The van der Waals surface area contributed by atoms with Crippen LogP contribution in [0.15, 0.2) is 36.4 Å². The monoisotopic (exact) mass is 269 g/mol. The van der Waals surface area contributed by atoms with Gasteiger partial charge in [-0.2, -0.15) is 0 Å². The molecule has 3 nitrogen and oxygen atoms in total. The smallest absolute Gasteiger partial charge is 0.123 e. The zero-order valence-electron chi connectivity index (χ0n) is 12.7. The van der Waals surface area contributed by atoms with Crippen molar-refractivity contribution in [1.82, 2.24) is 0 Å². The van der Waals surface area contributed by atoms with E-state index in [2.05, 4.69) is 44.9 Å². The number of rotatable bonds is 4. The molecule has 0 aliphatic carbocycles. The van der Waals surface area contributed by atoms with Gasteiger partial charge in [0, 0.05) is 29.2 Å². The van der Waals surface area contributed by atoms with E-state index in [1.807, 2.05) is 24.3 Å². The maximum atomic E-state index is 7.72. The molecule has 106 valence electrons. The van der Waals surface area contributed by atoms with Crippen molar-refractivity contribution in [2.75, 3.05) is 11.9 Å². The Morgan fingerprint density at radius 3 is 2.30 bits per heavy atom. The molecule has 0 unspecified atom stereocenters. The number of fused-ring (bicyclic) bond motifs is 1. The van der Waals surface area contributed by atoms with Gasteiger partial charge >= 0.3 is 0 Å². The fraction of sp³-hybridized carbons (Fsp3) is 0.353. The molecule has 0 saturated heterocycles. The topological polar surface area (TPSA) is 53.1 Å². The van der Waals surface area contributed by atoms with Crippen molar-refractivity contribution >= 4 is 22.3 Å². The molecule has 0 aromatic heterocycles. The van der Waals surface area contributed by atoms with Crippen LogP contribution < -0.4 is 10.6 Å². The van der Waals surface area contributed by atoms with Crippen molar-refractivity contribution in [1.29, 1.82) is 5.41 Å². The molecule has 2 rings (SSSR count). The summed E-state index contributed by atoms with van der Waals surface area (Å²) in [5, 5.41) is 9.90. The SMILES string of the molecule is CCC(C)(C)N(C)c1ccc(C(=N)N)c2ccccc12. The van der Waals surface area contributed by atoms with Crippen LogP contribution >= 0.6 is 0 Å². The number of benzene rings is 2. The fourth-order valence-electron chi connectivity index (χ4n) is 2.37. The number of hydrogen-bond acceptors (Lipinski definition) is 2. The molecular weight excluding hydrogens is 246 g/mol. The Morgan fingerprint density at radius 1 is 1.15 bits per heavy atom. The summed E-state index contributed by atoms with van der Waals surface area (Å²) in [6.45, 7) is 6.67. The van der Waals surface area contributed by atoms with Crippen molar-refractivity contribution in [2.24, 2.45) is 5.73 Å². The molecule has 3 heteroatoms. The summed E-state index contributed by atoms with van der Waals surface area (Å²) in [5.41, 5.74) is 7.75. The summed E-state index contributed by atoms with van der Waals surface area (Å²) in [4.78, 5) is 2.30. The van der Waals surface area contributed by atoms with E-state index in [4.69, 9.17) is 11.1 Å². The summed E-state index contributed by atoms with van der Waals surface area (Å²) in [6.07, 6.45) is 1.06. The second-order valence-electron chi connectivity index (χ2n) is 5.82. The first-order chi connectivity index (χ1) is 9.38. The highest BCUT2D eigenvalue weighted by atomic mass is 15.2. The minimum Gasteiger partial charge on any atom is -0.384 e. The summed E-state index contributed by atoms with van der Waals surface area (Å²) >= 11 is 0. The van der Waals surface area contributed by atoms with E-state index in [9.17, 15) is 0 Å². The van der Waals surface area contributed by atoms with Crippen LogP contribution in [0.25, 0.3) is 10.8 Å². The van der Waals surface area contributed by atoms with Gasteiger partial charge in [0.15, 0.2) is 0 Å². The first-order valence-electron chi connectivity index (χ1n) is 6.98. The highest BCUT2D eigenvalue weighted by molar-refractivity contribution is 6.10. The van der Waals surface area contributed by atoms with E-state index in [1.54, 1.807) is 0 Å². The van der Waals surface area contributed by atoms with Crippen LogP contribution in [0.4, 0.5) is 5.69 Å².